The molecule has 0 unspecified atom stereocenters. The molecule has 2 rings (SSSR count). The Bertz CT molecular complexity index is 267. The molecule has 2 nitrogen and oxygen atoms in total. The number of rotatable bonds is 5. The van der Waals surface area contributed by atoms with Gasteiger partial charge in [0, 0.05) is 18.6 Å². The number of likely N-dealkylation sites (tertiary alicyclic amines) is 1. The Kier molecular flexibility index (Phi) is 5.25. The molecule has 2 aliphatic rings. The molecule has 1 aliphatic heterocycles. The highest BCUT2D eigenvalue weighted by Gasteiger charge is 2.39. The summed E-state index contributed by atoms with van der Waals surface area (Å²) >= 11 is 0. The Balaban J connectivity index is 1.87. The summed E-state index contributed by atoms with van der Waals surface area (Å²) in [5, 5.41) is 3.68. The summed E-state index contributed by atoms with van der Waals surface area (Å²) in [6, 6.07) is 0. The van der Waals surface area contributed by atoms with Crippen molar-refractivity contribution >= 4 is 0 Å². The van der Waals surface area contributed by atoms with E-state index in [-0.39, 0.29) is 0 Å². The minimum absolute atomic E-state index is 0.496. The number of nitrogens with zero attached hydrogens (tertiary/aromatic N) is 1. The molecule has 0 aromatic heterocycles. The highest BCUT2D eigenvalue weighted by molar-refractivity contribution is 4.99. The quantitative estimate of drug-likeness (QED) is 0.595. The normalized spacial score (nSPS) is 24.1. The van der Waals surface area contributed by atoms with E-state index in [9.17, 15) is 0 Å². The van der Waals surface area contributed by atoms with Crippen LogP contribution >= 0.6 is 0 Å². The van der Waals surface area contributed by atoms with Gasteiger partial charge in [-0.25, -0.2) is 0 Å². The van der Waals surface area contributed by atoms with Crippen LogP contribution in [0.4, 0.5) is 0 Å². The molecule has 2 fully saturated rings. The van der Waals surface area contributed by atoms with E-state index in [0.29, 0.717) is 5.54 Å². The van der Waals surface area contributed by atoms with Gasteiger partial charge in [0.25, 0.3) is 0 Å². The fourth-order valence-electron chi connectivity index (χ4n) is 3.59. The third-order valence-electron chi connectivity index (χ3n) is 4.67. The summed E-state index contributed by atoms with van der Waals surface area (Å²) in [7, 11) is 0. The van der Waals surface area contributed by atoms with Crippen molar-refractivity contribution in [3.8, 4) is 0 Å². The second-order valence-corrected chi connectivity index (χ2v) is 6.39. The zero-order chi connectivity index (χ0) is 12.8. The molecular formula is C16H30N2. The SMILES string of the molecule is CC(C)=CCNCC1(N2CCCCC2)CCCC1. The van der Waals surface area contributed by atoms with Crippen LogP contribution in [0.3, 0.4) is 0 Å². The minimum atomic E-state index is 0.496. The molecule has 0 spiro atoms. The third-order valence-corrected chi connectivity index (χ3v) is 4.67. The molecule has 1 saturated carbocycles. The van der Waals surface area contributed by atoms with E-state index in [1.54, 1.807) is 0 Å². The molecule has 104 valence electrons. The van der Waals surface area contributed by atoms with Gasteiger partial charge in [-0.1, -0.05) is 30.9 Å². The van der Waals surface area contributed by atoms with Crippen molar-refractivity contribution in [1.82, 2.24) is 10.2 Å². The van der Waals surface area contributed by atoms with Crippen LogP contribution in [0.2, 0.25) is 0 Å². The molecule has 0 amide bonds. The molecule has 18 heavy (non-hydrogen) atoms. The van der Waals surface area contributed by atoms with Crippen LogP contribution in [0, 0.1) is 0 Å². The number of hydrogen-bond donors (Lipinski definition) is 1. The molecule has 0 atom stereocenters. The zero-order valence-electron chi connectivity index (χ0n) is 12.3. The molecule has 0 aromatic rings. The Hall–Kier alpha value is -0.340. The van der Waals surface area contributed by atoms with Crippen LogP contribution in [0.15, 0.2) is 11.6 Å². The molecule has 2 heteroatoms. The first kappa shape index (κ1) is 14.1. The Morgan fingerprint density at radius 3 is 2.33 bits per heavy atom. The van der Waals surface area contributed by atoms with Gasteiger partial charge in [-0.3, -0.25) is 4.90 Å². The Morgan fingerprint density at radius 1 is 1.06 bits per heavy atom. The molecule has 1 saturated heterocycles. The molecule has 1 heterocycles. The number of nitrogens with one attached hydrogen (secondary N) is 1. The summed E-state index contributed by atoms with van der Waals surface area (Å²) in [5.74, 6) is 0. The second-order valence-electron chi connectivity index (χ2n) is 6.39. The van der Waals surface area contributed by atoms with Crippen molar-refractivity contribution in [3.05, 3.63) is 11.6 Å². The fraction of sp³-hybridized carbons (Fsp3) is 0.875. The van der Waals surface area contributed by atoms with Gasteiger partial charge in [-0.05, 0) is 52.6 Å². The molecule has 1 N–H and O–H groups in total. The maximum atomic E-state index is 3.68. The van der Waals surface area contributed by atoms with Crippen LogP contribution in [0.1, 0.15) is 58.8 Å². The highest BCUT2D eigenvalue weighted by Crippen LogP contribution is 2.36. The second kappa shape index (κ2) is 6.72. The zero-order valence-corrected chi connectivity index (χ0v) is 12.3. The highest BCUT2D eigenvalue weighted by atomic mass is 15.2. The van der Waals surface area contributed by atoms with Crippen molar-refractivity contribution in [2.75, 3.05) is 26.2 Å². The van der Waals surface area contributed by atoms with E-state index in [4.69, 9.17) is 0 Å². The summed E-state index contributed by atoms with van der Waals surface area (Å²) in [4.78, 5) is 2.80. The van der Waals surface area contributed by atoms with Gasteiger partial charge in [-0.15, -0.1) is 0 Å². The maximum Gasteiger partial charge on any atom is 0.0334 e. The van der Waals surface area contributed by atoms with Crippen molar-refractivity contribution in [3.63, 3.8) is 0 Å². The number of allylic oxidation sites excluding steroid dienone is 1. The molecular weight excluding hydrogens is 220 g/mol. The van der Waals surface area contributed by atoms with E-state index in [2.05, 4.69) is 30.1 Å². The lowest BCUT2D eigenvalue weighted by Gasteiger charge is -2.44. The van der Waals surface area contributed by atoms with Gasteiger partial charge in [0.1, 0.15) is 0 Å². The smallest absolute Gasteiger partial charge is 0.0334 e. The number of piperidine rings is 1. The van der Waals surface area contributed by atoms with Gasteiger partial charge in [0.05, 0.1) is 0 Å². The summed E-state index contributed by atoms with van der Waals surface area (Å²) in [6.45, 7) is 9.26. The fourth-order valence-corrected chi connectivity index (χ4v) is 3.59. The van der Waals surface area contributed by atoms with Crippen molar-refractivity contribution in [2.24, 2.45) is 0 Å². The van der Waals surface area contributed by atoms with E-state index in [0.717, 1.165) is 6.54 Å². The van der Waals surface area contributed by atoms with Gasteiger partial charge in [-0.2, -0.15) is 0 Å². The summed E-state index contributed by atoms with van der Waals surface area (Å²) in [5.41, 5.74) is 1.91. The average Bonchev–Trinajstić information content (AvgIpc) is 2.86. The topological polar surface area (TPSA) is 15.3 Å². The van der Waals surface area contributed by atoms with Crippen LogP contribution < -0.4 is 5.32 Å². The average molecular weight is 250 g/mol. The first-order valence-electron chi connectivity index (χ1n) is 7.82. The standard InChI is InChI=1S/C16H30N2/c1-15(2)8-11-17-14-16(9-4-5-10-16)18-12-6-3-7-13-18/h8,17H,3-7,9-14H2,1-2H3. The van der Waals surface area contributed by atoms with E-state index in [1.807, 2.05) is 0 Å². The van der Waals surface area contributed by atoms with Gasteiger partial charge in [0.2, 0.25) is 0 Å². The van der Waals surface area contributed by atoms with E-state index < -0.39 is 0 Å². The van der Waals surface area contributed by atoms with E-state index >= 15 is 0 Å². The van der Waals surface area contributed by atoms with Gasteiger partial charge < -0.3 is 5.32 Å². The molecule has 0 bridgehead atoms. The summed E-state index contributed by atoms with van der Waals surface area (Å²) < 4.78 is 0. The predicted octanol–water partition coefficient (Wildman–Crippen LogP) is 3.34. The molecule has 1 aliphatic carbocycles. The largest absolute Gasteiger partial charge is 0.311 e. The molecule has 0 aromatic carbocycles. The van der Waals surface area contributed by atoms with E-state index in [1.165, 1.54) is 70.2 Å². The molecule has 0 radical (unpaired) electrons. The first-order chi connectivity index (χ1) is 8.73. The van der Waals surface area contributed by atoms with Crippen molar-refractivity contribution in [2.45, 2.75) is 64.3 Å². The van der Waals surface area contributed by atoms with Crippen LogP contribution in [-0.2, 0) is 0 Å². The van der Waals surface area contributed by atoms with Crippen molar-refractivity contribution in [1.29, 1.82) is 0 Å². The van der Waals surface area contributed by atoms with Crippen LogP contribution in [-0.4, -0.2) is 36.6 Å². The number of hydrogen-bond acceptors (Lipinski definition) is 2. The van der Waals surface area contributed by atoms with Crippen LogP contribution in [0.5, 0.6) is 0 Å². The minimum Gasteiger partial charge on any atom is -0.311 e. The first-order valence-corrected chi connectivity index (χ1v) is 7.82. The lowest BCUT2D eigenvalue weighted by Crippen LogP contribution is -2.54. The van der Waals surface area contributed by atoms with Crippen molar-refractivity contribution < 1.29 is 0 Å². The Morgan fingerprint density at radius 2 is 1.72 bits per heavy atom. The summed E-state index contributed by atoms with van der Waals surface area (Å²) in [6.07, 6.45) is 12.3. The lowest BCUT2D eigenvalue weighted by molar-refractivity contribution is 0.0707. The maximum absolute atomic E-state index is 3.68. The Labute approximate surface area is 113 Å². The monoisotopic (exact) mass is 250 g/mol. The van der Waals surface area contributed by atoms with Crippen LogP contribution in [0.25, 0.3) is 0 Å². The third kappa shape index (κ3) is 3.58. The van der Waals surface area contributed by atoms with Gasteiger partial charge in [0.15, 0.2) is 0 Å². The predicted molar refractivity (Wildman–Crippen MR) is 78.9 cm³/mol. The lowest BCUT2D eigenvalue weighted by atomic mass is 9.92. The van der Waals surface area contributed by atoms with Gasteiger partial charge >= 0.3 is 0 Å².